The zero-order valence-electron chi connectivity index (χ0n) is 10.1. The number of piperidine rings is 1. The molecule has 0 aliphatic carbocycles. The number of rotatable bonds is 3. The molecule has 1 fully saturated rings. The molecule has 96 valence electrons. The minimum atomic E-state index is -0.755. The van der Waals surface area contributed by atoms with Crippen LogP contribution in [-0.2, 0) is 16.0 Å². The summed E-state index contributed by atoms with van der Waals surface area (Å²) in [6.45, 7) is 1.08. The van der Waals surface area contributed by atoms with E-state index in [1.54, 1.807) is 23.4 Å². The minimum absolute atomic E-state index is 0.0480. The monoisotopic (exact) mass is 248 g/mol. The van der Waals surface area contributed by atoms with Crippen LogP contribution in [0.3, 0.4) is 0 Å². The normalized spacial score (nSPS) is 16.6. The van der Waals surface area contributed by atoms with E-state index in [2.05, 4.69) is 4.98 Å². The fraction of sp³-hybridized carbons (Fsp3) is 0.462. The highest BCUT2D eigenvalue weighted by molar-refractivity contribution is 5.79. The first-order chi connectivity index (χ1) is 8.66. The number of nitrogens with zero attached hydrogens (tertiary/aromatic N) is 2. The van der Waals surface area contributed by atoms with Crippen LogP contribution in [0.2, 0.25) is 0 Å². The Morgan fingerprint density at radius 2 is 2.11 bits per heavy atom. The van der Waals surface area contributed by atoms with Crippen molar-refractivity contribution in [2.45, 2.75) is 19.3 Å². The molecule has 0 unspecified atom stereocenters. The van der Waals surface area contributed by atoms with Crippen molar-refractivity contribution in [3.05, 3.63) is 30.1 Å². The maximum atomic E-state index is 12.0. The van der Waals surface area contributed by atoms with Gasteiger partial charge in [-0.15, -0.1) is 0 Å². The van der Waals surface area contributed by atoms with Crippen molar-refractivity contribution in [1.29, 1.82) is 0 Å². The Balaban J connectivity index is 1.86. The van der Waals surface area contributed by atoms with Crippen LogP contribution in [0.4, 0.5) is 0 Å². The van der Waals surface area contributed by atoms with Gasteiger partial charge in [0.05, 0.1) is 12.3 Å². The molecule has 1 aromatic rings. The van der Waals surface area contributed by atoms with E-state index in [9.17, 15) is 9.59 Å². The van der Waals surface area contributed by atoms with Gasteiger partial charge >= 0.3 is 5.97 Å². The molecule has 1 aliphatic heterocycles. The van der Waals surface area contributed by atoms with Gasteiger partial charge in [-0.25, -0.2) is 0 Å². The van der Waals surface area contributed by atoms with Crippen LogP contribution < -0.4 is 0 Å². The lowest BCUT2D eigenvalue weighted by Crippen LogP contribution is -2.40. The first kappa shape index (κ1) is 12.5. The van der Waals surface area contributed by atoms with Crippen LogP contribution >= 0.6 is 0 Å². The summed E-state index contributed by atoms with van der Waals surface area (Å²) in [6.07, 6.45) is 4.79. The van der Waals surface area contributed by atoms with E-state index in [1.807, 2.05) is 6.07 Å². The predicted molar refractivity (Wildman–Crippen MR) is 64.9 cm³/mol. The number of carboxylic acid groups (broad SMARTS) is 1. The fourth-order valence-electron chi connectivity index (χ4n) is 2.16. The van der Waals surface area contributed by atoms with Crippen molar-refractivity contribution in [2.75, 3.05) is 13.1 Å². The third-order valence-electron chi connectivity index (χ3n) is 3.28. The summed E-state index contributed by atoms with van der Waals surface area (Å²) >= 11 is 0. The minimum Gasteiger partial charge on any atom is -0.481 e. The summed E-state index contributed by atoms with van der Waals surface area (Å²) in [4.78, 5) is 28.5. The van der Waals surface area contributed by atoms with Crippen molar-refractivity contribution in [2.24, 2.45) is 5.92 Å². The van der Waals surface area contributed by atoms with Crippen LogP contribution in [0.15, 0.2) is 24.5 Å². The molecule has 1 amide bonds. The molecule has 18 heavy (non-hydrogen) atoms. The van der Waals surface area contributed by atoms with E-state index in [4.69, 9.17) is 5.11 Å². The molecule has 5 heteroatoms. The number of hydrogen-bond acceptors (Lipinski definition) is 3. The van der Waals surface area contributed by atoms with Gasteiger partial charge in [0.15, 0.2) is 0 Å². The molecular weight excluding hydrogens is 232 g/mol. The molecule has 1 aliphatic rings. The van der Waals surface area contributed by atoms with Gasteiger partial charge in [0.25, 0.3) is 0 Å². The second-order valence-electron chi connectivity index (χ2n) is 4.53. The Hall–Kier alpha value is -1.91. The van der Waals surface area contributed by atoms with Crippen molar-refractivity contribution < 1.29 is 14.7 Å². The molecule has 5 nitrogen and oxygen atoms in total. The molecular formula is C13H16N2O3. The highest BCUT2D eigenvalue weighted by Crippen LogP contribution is 2.18. The number of amides is 1. The molecule has 0 atom stereocenters. The highest BCUT2D eigenvalue weighted by Gasteiger charge is 2.26. The number of pyridine rings is 1. The van der Waals surface area contributed by atoms with E-state index in [0.717, 1.165) is 5.56 Å². The molecule has 1 N–H and O–H groups in total. The average molecular weight is 248 g/mol. The molecule has 1 saturated heterocycles. The lowest BCUT2D eigenvalue weighted by Gasteiger charge is -2.30. The number of likely N-dealkylation sites (tertiary alicyclic amines) is 1. The molecule has 2 rings (SSSR count). The maximum Gasteiger partial charge on any atom is 0.306 e. The second kappa shape index (κ2) is 5.62. The van der Waals surface area contributed by atoms with Gasteiger partial charge in [-0.1, -0.05) is 6.07 Å². The van der Waals surface area contributed by atoms with E-state index in [0.29, 0.717) is 32.4 Å². The van der Waals surface area contributed by atoms with Crippen molar-refractivity contribution in [3.8, 4) is 0 Å². The molecule has 2 heterocycles. The van der Waals surface area contributed by atoms with Gasteiger partial charge in [0.1, 0.15) is 0 Å². The van der Waals surface area contributed by atoms with E-state index >= 15 is 0 Å². The van der Waals surface area contributed by atoms with Crippen LogP contribution in [0.1, 0.15) is 18.4 Å². The van der Waals surface area contributed by atoms with E-state index in [1.165, 1.54) is 0 Å². The summed E-state index contributed by atoms with van der Waals surface area (Å²) in [5.74, 6) is -1.01. The Kier molecular flexibility index (Phi) is 3.92. The van der Waals surface area contributed by atoms with Crippen molar-refractivity contribution >= 4 is 11.9 Å². The maximum absolute atomic E-state index is 12.0. The fourth-order valence-corrected chi connectivity index (χ4v) is 2.16. The smallest absolute Gasteiger partial charge is 0.306 e. The largest absolute Gasteiger partial charge is 0.481 e. The topological polar surface area (TPSA) is 70.5 Å². The molecule has 0 aromatic carbocycles. The second-order valence-corrected chi connectivity index (χ2v) is 4.53. The van der Waals surface area contributed by atoms with Gasteiger partial charge in [-0.3, -0.25) is 14.6 Å². The number of aliphatic carboxylic acids is 1. The Bertz CT molecular complexity index is 425. The standard InChI is InChI=1S/C13H16N2O3/c16-12(8-10-2-1-5-14-9-10)15-6-3-11(4-7-15)13(17)18/h1-2,5,9,11H,3-4,6-8H2,(H,17,18). The highest BCUT2D eigenvalue weighted by atomic mass is 16.4. The van der Waals surface area contributed by atoms with Crippen molar-refractivity contribution in [3.63, 3.8) is 0 Å². The summed E-state index contributed by atoms with van der Waals surface area (Å²) in [5.41, 5.74) is 0.892. The lowest BCUT2D eigenvalue weighted by molar-refractivity contribution is -0.145. The lowest BCUT2D eigenvalue weighted by atomic mass is 9.97. The Morgan fingerprint density at radius 3 is 2.67 bits per heavy atom. The molecule has 0 spiro atoms. The van der Waals surface area contributed by atoms with Gasteiger partial charge in [-0.05, 0) is 24.5 Å². The van der Waals surface area contributed by atoms with E-state index in [-0.39, 0.29) is 11.8 Å². The quantitative estimate of drug-likeness (QED) is 0.864. The van der Waals surface area contributed by atoms with Gasteiger partial charge < -0.3 is 10.0 Å². The van der Waals surface area contributed by atoms with Gasteiger partial charge in [-0.2, -0.15) is 0 Å². The van der Waals surface area contributed by atoms with Crippen LogP contribution in [0.25, 0.3) is 0 Å². The van der Waals surface area contributed by atoms with Gasteiger partial charge in [0.2, 0.25) is 5.91 Å². The SMILES string of the molecule is O=C(O)C1CCN(C(=O)Cc2cccnc2)CC1. The molecule has 0 bridgehead atoms. The summed E-state index contributed by atoms with van der Waals surface area (Å²) in [7, 11) is 0. The zero-order chi connectivity index (χ0) is 13.0. The van der Waals surface area contributed by atoms with Gasteiger partial charge in [0, 0.05) is 25.5 Å². The third kappa shape index (κ3) is 3.06. The molecule has 1 aromatic heterocycles. The van der Waals surface area contributed by atoms with Crippen molar-refractivity contribution in [1.82, 2.24) is 9.88 Å². The van der Waals surface area contributed by atoms with Crippen LogP contribution in [-0.4, -0.2) is 40.0 Å². The zero-order valence-corrected chi connectivity index (χ0v) is 10.1. The summed E-state index contributed by atoms with van der Waals surface area (Å²) in [5, 5.41) is 8.89. The average Bonchev–Trinajstić information content (AvgIpc) is 2.40. The Morgan fingerprint density at radius 1 is 1.39 bits per heavy atom. The first-order valence-corrected chi connectivity index (χ1v) is 6.06. The summed E-state index contributed by atoms with van der Waals surface area (Å²) < 4.78 is 0. The van der Waals surface area contributed by atoms with Crippen LogP contribution in [0, 0.1) is 5.92 Å². The molecule has 0 radical (unpaired) electrons. The number of aromatic nitrogens is 1. The predicted octanol–water partition coefficient (Wildman–Crippen LogP) is 0.947. The number of carbonyl (C=O) groups is 2. The summed E-state index contributed by atoms with van der Waals surface area (Å²) in [6, 6.07) is 3.67. The van der Waals surface area contributed by atoms with E-state index < -0.39 is 5.97 Å². The number of hydrogen-bond donors (Lipinski definition) is 1. The van der Waals surface area contributed by atoms with Crippen LogP contribution in [0.5, 0.6) is 0 Å². The number of carbonyl (C=O) groups excluding carboxylic acids is 1. The number of carboxylic acids is 1. The third-order valence-corrected chi connectivity index (χ3v) is 3.28. The molecule has 0 saturated carbocycles. The Labute approximate surface area is 105 Å². The first-order valence-electron chi connectivity index (χ1n) is 6.06.